The molecule has 0 unspecified atom stereocenters. The van der Waals surface area contributed by atoms with Crippen LogP contribution in [0.1, 0.15) is 77.6 Å². The maximum Gasteiger partial charge on any atom is 0.135 e. The predicted octanol–water partition coefficient (Wildman–Crippen LogP) is 15.7. The second-order valence-electron chi connectivity index (χ2n) is 19.9. The zero-order valence-electron chi connectivity index (χ0n) is 38.6. The molecule has 2 aliphatic heterocycles. The SMILES string of the molecule is CC(C)(C)c1ccnc(-n2c3[c-]c(Oc4[c-]c(N5[CH-]N(c6ccc(N7c8ccccc8C(C)(C)c8ccccc87)cc6)c6ccccc65)ccc4)ccc3c3cc(C(C)(C)C)ccc32)c1.[Pt]. The van der Waals surface area contributed by atoms with Crippen LogP contribution in [-0.2, 0) is 37.3 Å². The van der Waals surface area contributed by atoms with E-state index in [1.807, 2.05) is 24.4 Å². The summed E-state index contributed by atoms with van der Waals surface area (Å²) in [4.78, 5) is 11.7. The minimum Gasteiger partial charge on any atom is -0.509 e. The summed E-state index contributed by atoms with van der Waals surface area (Å²) >= 11 is 0. The Kier molecular flexibility index (Phi) is 10.5. The number of para-hydroxylation sites is 4. The Morgan fingerprint density at radius 3 is 1.80 bits per heavy atom. The molecule has 7 aromatic carbocycles. The molecule has 0 saturated carbocycles. The second kappa shape index (κ2) is 16.1. The molecular weight excluding hydrogens is 990 g/mol. The van der Waals surface area contributed by atoms with Crippen molar-refractivity contribution < 1.29 is 25.8 Å². The van der Waals surface area contributed by atoms with Crippen LogP contribution in [0.3, 0.4) is 0 Å². The number of fused-ring (bicyclic) bond motifs is 6. The predicted molar refractivity (Wildman–Crippen MR) is 268 cm³/mol. The van der Waals surface area contributed by atoms with Crippen molar-refractivity contribution in [2.24, 2.45) is 0 Å². The molecule has 0 saturated heterocycles. The normalized spacial score (nSPS) is 14.2. The Balaban J connectivity index is 0.00000511. The Morgan fingerprint density at radius 1 is 0.545 bits per heavy atom. The smallest absolute Gasteiger partial charge is 0.135 e. The van der Waals surface area contributed by atoms with Crippen LogP contribution in [0.5, 0.6) is 11.5 Å². The van der Waals surface area contributed by atoms with Gasteiger partial charge >= 0.3 is 0 Å². The first-order chi connectivity index (χ1) is 31.2. The maximum absolute atomic E-state index is 6.66. The molecule has 9 aromatic rings. The number of hydrogen-bond acceptors (Lipinski definition) is 5. The fourth-order valence-electron chi connectivity index (χ4n) is 9.67. The summed E-state index contributed by atoms with van der Waals surface area (Å²) in [6.07, 6.45) is 1.91. The Morgan fingerprint density at radius 2 is 1.14 bits per heavy atom. The molecule has 2 aliphatic rings. The fourth-order valence-corrected chi connectivity index (χ4v) is 9.67. The molecule has 0 atom stereocenters. The summed E-state index contributed by atoms with van der Waals surface area (Å²) in [6, 6.07) is 63.5. The van der Waals surface area contributed by atoms with Crippen LogP contribution in [-0.4, -0.2) is 9.55 Å². The number of nitrogens with zero attached hydrogens (tertiary/aromatic N) is 5. The molecule has 332 valence electrons. The molecule has 0 radical (unpaired) electrons. The molecule has 11 rings (SSSR count). The molecule has 6 nitrogen and oxygen atoms in total. The third-order valence-corrected chi connectivity index (χ3v) is 13.2. The van der Waals surface area contributed by atoms with E-state index in [9.17, 15) is 0 Å². The molecule has 0 aliphatic carbocycles. The summed E-state index contributed by atoms with van der Waals surface area (Å²) in [5, 5.41) is 2.27. The van der Waals surface area contributed by atoms with Crippen molar-refractivity contribution in [2.45, 2.75) is 71.6 Å². The minimum absolute atomic E-state index is 0. The summed E-state index contributed by atoms with van der Waals surface area (Å²) in [5.74, 6) is 2.06. The number of anilines is 7. The number of hydrogen-bond donors (Lipinski definition) is 0. The van der Waals surface area contributed by atoms with Gasteiger partial charge in [0.05, 0.1) is 11.4 Å². The first kappa shape index (κ1) is 43.3. The van der Waals surface area contributed by atoms with Gasteiger partial charge in [-0.05, 0) is 105 Å². The largest absolute Gasteiger partial charge is 0.509 e. The van der Waals surface area contributed by atoms with E-state index in [-0.39, 0.29) is 37.3 Å². The fraction of sp³-hybridized carbons (Fsp3) is 0.186. The van der Waals surface area contributed by atoms with Crippen LogP contribution in [0, 0.1) is 18.8 Å². The van der Waals surface area contributed by atoms with Crippen LogP contribution in [0.25, 0.3) is 27.6 Å². The molecule has 66 heavy (non-hydrogen) atoms. The van der Waals surface area contributed by atoms with Crippen molar-refractivity contribution in [3.8, 4) is 17.3 Å². The first-order valence-electron chi connectivity index (χ1n) is 22.5. The van der Waals surface area contributed by atoms with E-state index < -0.39 is 0 Å². The number of ether oxygens (including phenoxy) is 1. The van der Waals surface area contributed by atoms with E-state index in [2.05, 4.69) is 233 Å². The van der Waals surface area contributed by atoms with E-state index in [4.69, 9.17) is 9.72 Å². The number of pyridine rings is 1. The number of aromatic nitrogens is 2. The molecule has 0 N–H and O–H groups in total. The molecule has 7 heteroatoms. The average Bonchev–Trinajstić information content (AvgIpc) is 3.85. The van der Waals surface area contributed by atoms with Crippen molar-refractivity contribution in [3.05, 3.63) is 205 Å². The van der Waals surface area contributed by atoms with Gasteiger partial charge in [-0.15, -0.1) is 48.1 Å². The summed E-state index contributed by atoms with van der Waals surface area (Å²) in [6.45, 7) is 20.3. The van der Waals surface area contributed by atoms with Crippen LogP contribution < -0.4 is 19.4 Å². The molecule has 0 fully saturated rings. The molecule has 4 heterocycles. The van der Waals surface area contributed by atoms with Gasteiger partial charge in [0.15, 0.2) is 0 Å². The number of rotatable bonds is 6. The molecule has 0 bridgehead atoms. The van der Waals surface area contributed by atoms with Crippen LogP contribution in [0.2, 0.25) is 0 Å². The standard InChI is InChI=1S/C59H52N5O.Pt/c1-57(2,3)39-24-31-50-47(34-39)46-30-29-45(37-55(46)64(50)56-35-40(32-33-60-56)58(4,5)6)65-44-17-15-16-43(36-44)62-38-61(53-22-13-14-23-54(53)62)41-25-27-42(28-26-41)63-51-20-11-9-18-48(51)59(7,8)49-19-10-12-21-52(49)63;/h9-35,38H,1-8H3;/q-3;. The van der Waals surface area contributed by atoms with Crippen molar-refractivity contribution in [1.82, 2.24) is 9.55 Å². The van der Waals surface area contributed by atoms with Gasteiger partial charge in [0.1, 0.15) is 5.82 Å². The second-order valence-corrected chi connectivity index (χ2v) is 19.9. The summed E-state index contributed by atoms with van der Waals surface area (Å²) < 4.78 is 8.88. The van der Waals surface area contributed by atoms with Crippen LogP contribution >= 0.6 is 0 Å². The van der Waals surface area contributed by atoms with Crippen LogP contribution in [0.4, 0.5) is 39.8 Å². The molecule has 0 amide bonds. The van der Waals surface area contributed by atoms with Crippen molar-refractivity contribution in [1.29, 1.82) is 0 Å². The van der Waals surface area contributed by atoms with Gasteiger partial charge < -0.3 is 24.0 Å². The van der Waals surface area contributed by atoms with Crippen molar-refractivity contribution in [3.63, 3.8) is 0 Å². The summed E-state index contributed by atoms with van der Waals surface area (Å²) in [7, 11) is 0. The van der Waals surface area contributed by atoms with Crippen LogP contribution in [0.15, 0.2) is 164 Å². The van der Waals surface area contributed by atoms with E-state index in [0.29, 0.717) is 11.5 Å². The van der Waals surface area contributed by atoms with Gasteiger partial charge in [-0.25, -0.2) is 4.98 Å². The Hall–Kier alpha value is -6.62. The topological polar surface area (TPSA) is 36.8 Å². The summed E-state index contributed by atoms with van der Waals surface area (Å²) in [5.41, 5.74) is 14.6. The average molecular weight is 1040 g/mol. The van der Waals surface area contributed by atoms with Gasteiger partial charge in [-0.2, -0.15) is 12.1 Å². The van der Waals surface area contributed by atoms with E-state index in [1.54, 1.807) is 0 Å². The van der Waals surface area contributed by atoms with Gasteiger partial charge in [-0.1, -0.05) is 122 Å². The Labute approximate surface area is 403 Å². The monoisotopic (exact) mass is 1040 g/mol. The van der Waals surface area contributed by atoms with Crippen molar-refractivity contribution in [2.75, 3.05) is 14.7 Å². The molecule has 2 aromatic heterocycles. The number of benzene rings is 7. The van der Waals surface area contributed by atoms with Gasteiger partial charge in [0.25, 0.3) is 0 Å². The first-order valence-corrected chi connectivity index (χ1v) is 22.5. The van der Waals surface area contributed by atoms with E-state index in [0.717, 1.165) is 50.7 Å². The zero-order chi connectivity index (χ0) is 44.8. The minimum atomic E-state index is -0.110. The maximum atomic E-state index is 6.66. The quantitative estimate of drug-likeness (QED) is 0.155. The van der Waals surface area contributed by atoms with E-state index in [1.165, 1.54) is 39.0 Å². The molecular formula is C59H52N5OPt-3. The van der Waals surface area contributed by atoms with Crippen molar-refractivity contribution >= 4 is 61.6 Å². The molecule has 0 spiro atoms. The zero-order valence-corrected chi connectivity index (χ0v) is 40.9. The van der Waals surface area contributed by atoms with Gasteiger partial charge in [0, 0.05) is 72.4 Å². The van der Waals surface area contributed by atoms with Gasteiger partial charge in [0.2, 0.25) is 0 Å². The van der Waals surface area contributed by atoms with Gasteiger partial charge in [-0.3, -0.25) is 0 Å². The third kappa shape index (κ3) is 7.27. The Bertz CT molecular complexity index is 3250. The van der Waals surface area contributed by atoms with E-state index >= 15 is 0 Å². The third-order valence-electron chi connectivity index (χ3n) is 13.2.